The topological polar surface area (TPSA) is 89.3 Å². The fourth-order valence-corrected chi connectivity index (χ4v) is 1.52. The highest BCUT2D eigenvalue weighted by atomic mass is 16.5. The van der Waals surface area contributed by atoms with Gasteiger partial charge in [-0.3, -0.25) is 4.79 Å². The van der Waals surface area contributed by atoms with E-state index in [2.05, 4.69) is 15.4 Å². The molecular weight excluding hydrogens is 212 g/mol. The smallest absolute Gasteiger partial charge is 0.241 e. The first-order valence-corrected chi connectivity index (χ1v) is 5.07. The van der Waals surface area contributed by atoms with Crippen molar-refractivity contribution in [1.29, 1.82) is 0 Å². The van der Waals surface area contributed by atoms with Gasteiger partial charge in [0.2, 0.25) is 5.91 Å². The molecule has 2 N–H and O–H groups in total. The maximum atomic E-state index is 11.5. The van der Waals surface area contributed by atoms with Crippen LogP contribution in [0.1, 0.15) is 6.42 Å². The standard InChI is InChI=1S/C9H14N4O3/c14-8(3-13-7-10-6-12-13)11-4-9(15)1-2-16-5-9/h6-7,15H,1-5H2,(H,11,14). The summed E-state index contributed by atoms with van der Waals surface area (Å²) in [5, 5.41) is 16.3. The Bertz CT molecular complexity index is 346. The molecule has 0 spiro atoms. The third kappa shape index (κ3) is 2.77. The van der Waals surface area contributed by atoms with Crippen LogP contribution in [0.25, 0.3) is 0 Å². The summed E-state index contributed by atoms with van der Waals surface area (Å²) in [7, 11) is 0. The van der Waals surface area contributed by atoms with Crippen LogP contribution in [0.2, 0.25) is 0 Å². The summed E-state index contributed by atoms with van der Waals surface area (Å²) in [5.74, 6) is -0.203. The molecule has 88 valence electrons. The summed E-state index contributed by atoms with van der Waals surface area (Å²) in [6, 6.07) is 0. The van der Waals surface area contributed by atoms with Gasteiger partial charge in [0.15, 0.2) is 0 Å². The molecule has 7 nitrogen and oxygen atoms in total. The predicted molar refractivity (Wildman–Crippen MR) is 53.4 cm³/mol. The first-order chi connectivity index (χ1) is 7.68. The summed E-state index contributed by atoms with van der Waals surface area (Å²) in [4.78, 5) is 15.2. The summed E-state index contributed by atoms with van der Waals surface area (Å²) in [6.07, 6.45) is 3.38. The Kier molecular flexibility index (Phi) is 3.16. The Morgan fingerprint density at radius 2 is 2.56 bits per heavy atom. The molecular formula is C9H14N4O3. The van der Waals surface area contributed by atoms with E-state index in [0.29, 0.717) is 13.0 Å². The minimum Gasteiger partial charge on any atom is -0.386 e. The Morgan fingerprint density at radius 1 is 1.69 bits per heavy atom. The van der Waals surface area contributed by atoms with Crippen LogP contribution in [-0.4, -0.2) is 51.1 Å². The van der Waals surface area contributed by atoms with Crippen molar-refractivity contribution in [3.8, 4) is 0 Å². The van der Waals surface area contributed by atoms with Gasteiger partial charge in [-0.2, -0.15) is 5.10 Å². The van der Waals surface area contributed by atoms with Crippen molar-refractivity contribution in [3.63, 3.8) is 0 Å². The molecule has 1 saturated heterocycles. The number of aromatic nitrogens is 3. The third-order valence-corrected chi connectivity index (χ3v) is 2.47. The summed E-state index contributed by atoms with van der Waals surface area (Å²) in [5.41, 5.74) is -0.919. The number of amides is 1. The van der Waals surface area contributed by atoms with Gasteiger partial charge in [0, 0.05) is 19.6 Å². The monoisotopic (exact) mass is 226 g/mol. The highest BCUT2D eigenvalue weighted by Crippen LogP contribution is 2.16. The van der Waals surface area contributed by atoms with Crippen LogP contribution in [-0.2, 0) is 16.1 Å². The van der Waals surface area contributed by atoms with Crippen LogP contribution < -0.4 is 5.32 Å². The second-order valence-electron chi connectivity index (χ2n) is 3.90. The Hall–Kier alpha value is -1.47. The van der Waals surface area contributed by atoms with E-state index >= 15 is 0 Å². The molecule has 1 aliphatic heterocycles. The lowest BCUT2D eigenvalue weighted by atomic mass is 10.0. The molecule has 7 heteroatoms. The van der Waals surface area contributed by atoms with E-state index in [4.69, 9.17) is 4.74 Å². The molecule has 2 rings (SSSR count). The Labute approximate surface area is 92.4 Å². The Balaban J connectivity index is 1.75. The lowest BCUT2D eigenvalue weighted by Gasteiger charge is -2.20. The highest BCUT2D eigenvalue weighted by Gasteiger charge is 2.32. The number of rotatable bonds is 4. The SMILES string of the molecule is O=C(Cn1cncn1)NCC1(O)CCOC1. The lowest BCUT2D eigenvalue weighted by Crippen LogP contribution is -2.44. The van der Waals surface area contributed by atoms with Crippen molar-refractivity contribution in [1.82, 2.24) is 20.1 Å². The van der Waals surface area contributed by atoms with E-state index in [1.807, 2.05) is 0 Å². The molecule has 0 aromatic carbocycles. The summed E-state index contributed by atoms with van der Waals surface area (Å²) < 4.78 is 6.49. The molecule has 0 radical (unpaired) electrons. The van der Waals surface area contributed by atoms with Crippen molar-refractivity contribution in [3.05, 3.63) is 12.7 Å². The van der Waals surface area contributed by atoms with Crippen LogP contribution >= 0.6 is 0 Å². The van der Waals surface area contributed by atoms with E-state index in [9.17, 15) is 9.90 Å². The minimum atomic E-state index is -0.919. The van der Waals surface area contributed by atoms with Crippen LogP contribution in [0.5, 0.6) is 0 Å². The number of ether oxygens (including phenoxy) is 1. The minimum absolute atomic E-state index is 0.108. The van der Waals surface area contributed by atoms with Crippen molar-refractivity contribution >= 4 is 5.91 Å². The second kappa shape index (κ2) is 4.58. The van der Waals surface area contributed by atoms with Gasteiger partial charge in [0.25, 0.3) is 0 Å². The molecule has 2 heterocycles. The number of nitrogens with one attached hydrogen (secondary N) is 1. The van der Waals surface area contributed by atoms with E-state index in [-0.39, 0.29) is 25.6 Å². The molecule has 1 amide bonds. The third-order valence-electron chi connectivity index (χ3n) is 2.47. The van der Waals surface area contributed by atoms with Gasteiger partial charge in [0.05, 0.1) is 6.61 Å². The van der Waals surface area contributed by atoms with Crippen molar-refractivity contribution in [2.75, 3.05) is 19.8 Å². The molecule has 1 aromatic heterocycles. The summed E-state index contributed by atoms with van der Waals surface area (Å²) in [6.45, 7) is 1.13. The molecule has 0 bridgehead atoms. The van der Waals surface area contributed by atoms with Crippen LogP contribution in [0.4, 0.5) is 0 Å². The molecule has 1 unspecified atom stereocenters. The first-order valence-electron chi connectivity index (χ1n) is 5.07. The quantitative estimate of drug-likeness (QED) is 0.655. The molecule has 1 aliphatic rings. The van der Waals surface area contributed by atoms with Gasteiger partial charge in [-0.25, -0.2) is 9.67 Å². The zero-order chi connectivity index (χ0) is 11.4. The van der Waals surface area contributed by atoms with E-state index in [1.54, 1.807) is 0 Å². The molecule has 1 atom stereocenters. The molecule has 1 aromatic rings. The van der Waals surface area contributed by atoms with Crippen molar-refractivity contribution < 1.29 is 14.6 Å². The summed E-state index contributed by atoms with van der Waals surface area (Å²) >= 11 is 0. The fraction of sp³-hybridized carbons (Fsp3) is 0.667. The van der Waals surface area contributed by atoms with Gasteiger partial charge >= 0.3 is 0 Å². The Morgan fingerprint density at radius 3 is 3.19 bits per heavy atom. The average Bonchev–Trinajstić information content (AvgIpc) is 2.88. The number of nitrogens with zero attached hydrogens (tertiary/aromatic N) is 3. The zero-order valence-electron chi connectivity index (χ0n) is 8.80. The van der Waals surface area contributed by atoms with Gasteiger partial charge in [0.1, 0.15) is 24.8 Å². The van der Waals surface area contributed by atoms with Crippen LogP contribution in [0.3, 0.4) is 0 Å². The second-order valence-corrected chi connectivity index (χ2v) is 3.90. The van der Waals surface area contributed by atoms with Gasteiger partial charge < -0.3 is 15.2 Å². The number of hydrogen-bond donors (Lipinski definition) is 2. The van der Waals surface area contributed by atoms with E-state index in [1.165, 1.54) is 17.3 Å². The molecule has 16 heavy (non-hydrogen) atoms. The van der Waals surface area contributed by atoms with Gasteiger partial charge in [-0.05, 0) is 0 Å². The van der Waals surface area contributed by atoms with E-state index < -0.39 is 5.60 Å². The number of carbonyl (C=O) groups is 1. The number of hydrogen-bond acceptors (Lipinski definition) is 5. The van der Waals surface area contributed by atoms with E-state index in [0.717, 1.165) is 0 Å². The largest absolute Gasteiger partial charge is 0.386 e. The van der Waals surface area contributed by atoms with Crippen LogP contribution in [0.15, 0.2) is 12.7 Å². The zero-order valence-corrected chi connectivity index (χ0v) is 8.80. The fourth-order valence-electron chi connectivity index (χ4n) is 1.52. The van der Waals surface area contributed by atoms with Gasteiger partial charge in [-0.15, -0.1) is 0 Å². The molecule has 0 saturated carbocycles. The number of aliphatic hydroxyl groups is 1. The highest BCUT2D eigenvalue weighted by molar-refractivity contribution is 5.75. The maximum Gasteiger partial charge on any atom is 0.241 e. The number of carbonyl (C=O) groups excluding carboxylic acids is 1. The average molecular weight is 226 g/mol. The lowest BCUT2D eigenvalue weighted by molar-refractivity contribution is -0.123. The predicted octanol–water partition coefficient (Wildman–Crippen LogP) is -1.45. The van der Waals surface area contributed by atoms with Crippen molar-refractivity contribution in [2.24, 2.45) is 0 Å². The van der Waals surface area contributed by atoms with Gasteiger partial charge in [-0.1, -0.05) is 0 Å². The van der Waals surface area contributed by atoms with Crippen LogP contribution in [0, 0.1) is 0 Å². The molecule has 1 fully saturated rings. The maximum absolute atomic E-state index is 11.5. The van der Waals surface area contributed by atoms with Crippen molar-refractivity contribution in [2.45, 2.75) is 18.6 Å². The molecule has 0 aliphatic carbocycles. The first kappa shape index (κ1) is 11.0. The normalized spacial score (nSPS) is 24.6.